The third kappa shape index (κ3) is 2.47. The number of esters is 1. The highest BCUT2D eigenvalue weighted by Gasteiger charge is 2.39. The number of anilines is 2. The number of carbonyl (C=O) groups excluding carboxylic acids is 1. The second-order valence-electron chi connectivity index (χ2n) is 6.11. The van der Waals surface area contributed by atoms with Crippen LogP contribution in [0.15, 0.2) is 18.2 Å². The fraction of sp³-hybridized carbons (Fsp3) is 0.562. The van der Waals surface area contributed by atoms with Crippen molar-refractivity contribution in [2.24, 2.45) is 17.8 Å². The third-order valence-electron chi connectivity index (χ3n) is 4.89. The lowest BCUT2D eigenvalue weighted by Crippen LogP contribution is -2.21. The van der Waals surface area contributed by atoms with Crippen molar-refractivity contribution in [3.63, 3.8) is 0 Å². The van der Waals surface area contributed by atoms with Crippen LogP contribution in [0.2, 0.25) is 0 Å². The molecule has 0 heterocycles. The SMILES string of the molecule is COC(=O)c1cc(N)ccc1NCC1CC2CCC1C2. The van der Waals surface area contributed by atoms with Crippen molar-refractivity contribution in [3.05, 3.63) is 23.8 Å². The minimum atomic E-state index is -0.340. The summed E-state index contributed by atoms with van der Waals surface area (Å²) in [7, 11) is 1.39. The Morgan fingerprint density at radius 3 is 2.90 bits per heavy atom. The Morgan fingerprint density at radius 1 is 1.40 bits per heavy atom. The van der Waals surface area contributed by atoms with E-state index in [1.807, 2.05) is 12.1 Å². The van der Waals surface area contributed by atoms with Gasteiger partial charge in [0, 0.05) is 17.9 Å². The minimum Gasteiger partial charge on any atom is -0.465 e. The Labute approximate surface area is 119 Å². The summed E-state index contributed by atoms with van der Waals surface area (Å²) in [5.41, 5.74) is 7.68. The molecule has 20 heavy (non-hydrogen) atoms. The van der Waals surface area contributed by atoms with Gasteiger partial charge in [0.05, 0.1) is 12.7 Å². The molecular formula is C16H22N2O2. The average molecular weight is 274 g/mol. The number of hydrogen-bond donors (Lipinski definition) is 2. The maximum absolute atomic E-state index is 11.8. The molecule has 1 aromatic carbocycles. The van der Waals surface area contributed by atoms with Gasteiger partial charge < -0.3 is 15.8 Å². The molecule has 2 bridgehead atoms. The van der Waals surface area contributed by atoms with E-state index in [1.54, 1.807) is 6.07 Å². The molecule has 0 amide bonds. The lowest BCUT2D eigenvalue weighted by atomic mass is 9.89. The van der Waals surface area contributed by atoms with Crippen LogP contribution in [0.3, 0.4) is 0 Å². The predicted octanol–water partition coefficient (Wildman–Crippen LogP) is 2.90. The molecule has 4 nitrogen and oxygen atoms in total. The number of rotatable bonds is 4. The van der Waals surface area contributed by atoms with Crippen LogP contribution in [0.4, 0.5) is 11.4 Å². The van der Waals surface area contributed by atoms with E-state index < -0.39 is 0 Å². The maximum Gasteiger partial charge on any atom is 0.340 e. The first-order valence-electron chi connectivity index (χ1n) is 7.39. The molecule has 2 aliphatic rings. The molecule has 1 aromatic rings. The van der Waals surface area contributed by atoms with E-state index in [1.165, 1.54) is 32.8 Å². The molecule has 0 saturated heterocycles. The van der Waals surface area contributed by atoms with Gasteiger partial charge in [0.2, 0.25) is 0 Å². The fourth-order valence-electron chi connectivity index (χ4n) is 3.86. The van der Waals surface area contributed by atoms with Crippen molar-refractivity contribution in [2.45, 2.75) is 25.7 Å². The number of methoxy groups -OCH3 is 1. The van der Waals surface area contributed by atoms with Crippen LogP contribution in [0.5, 0.6) is 0 Å². The van der Waals surface area contributed by atoms with Crippen molar-refractivity contribution in [2.75, 3.05) is 24.7 Å². The number of benzene rings is 1. The topological polar surface area (TPSA) is 64.3 Å². The molecule has 2 aliphatic carbocycles. The molecule has 3 atom stereocenters. The molecule has 0 aliphatic heterocycles. The molecule has 0 radical (unpaired) electrons. The maximum atomic E-state index is 11.8. The number of nitrogens with two attached hydrogens (primary N) is 1. The first-order chi connectivity index (χ1) is 9.67. The molecule has 0 spiro atoms. The van der Waals surface area contributed by atoms with Gasteiger partial charge in [-0.25, -0.2) is 4.79 Å². The average Bonchev–Trinajstić information content (AvgIpc) is 3.07. The van der Waals surface area contributed by atoms with Gasteiger partial charge in [0.15, 0.2) is 0 Å². The highest BCUT2D eigenvalue weighted by Crippen LogP contribution is 2.48. The second kappa shape index (κ2) is 5.35. The highest BCUT2D eigenvalue weighted by molar-refractivity contribution is 5.96. The lowest BCUT2D eigenvalue weighted by molar-refractivity contribution is 0.0602. The summed E-state index contributed by atoms with van der Waals surface area (Å²) in [4.78, 5) is 11.8. The number of hydrogen-bond acceptors (Lipinski definition) is 4. The first-order valence-corrected chi connectivity index (χ1v) is 7.39. The van der Waals surface area contributed by atoms with Crippen LogP contribution in [0.1, 0.15) is 36.0 Å². The molecule has 2 fully saturated rings. The first kappa shape index (κ1) is 13.3. The van der Waals surface area contributed by atoms with E-state index >= 15 is 0 Å². The third-order valence-corrected chi connectivity index (χ3v) is 4.89. The van der Waals surface area contributed by atoms with E-state index in [2.05, 4.69) is 5.32 Å². The summed E-state index contributed by atoms with van der Waals surface area (Å²) in [5.74, 6) is 2.23. The number of fused-ring (bicyclic) bond motifs is 2. The van der Waals surface area contributed by atoms with Crippen LogP contribution < -0.4 is 11.1 Å². The number of ether oxygens (including phenoxy) is 1. The summed E-state index contributed by atoms with van der Waals surface area (Å²) < 4.78 is 4.82. The molecule has 4 heteroatoms. The Balaban J connectivity index is 1.69. The standard InChI is InChI=1S/C16H22N2O2/c1-20-16(19)14-8-13(17)4-5-15(14)18-9-12-7-10-2-3-11(12)6-10/h4-5,8,10-12,18H,2-3,6-7,9,17H2,1H3. The van der Waals surface area contributed by atoms with Gasteiger partial charge >= 0.3 is 5.97 Å². The summed E-state index contributed by atoms with van der Waals surface area (Å²) >= 11 is 0. The Morgan fingerprint density at radius 2 is 2.25 bits per heavy atom. The summed E-state index contributed by atoms with van der Waals surface area (Å²) in [6.07, 6.45) is 5.52. The zero-order chi connectivity index (χ0) is 14.1. The summed E-state index contributed by atoms with van der Waals surface area (Å²) in [6.45, 7) is 0.940. The van der Waals surface area contributed by atoms with Gasteiger partial charge in [-0.3, -0.25) is 0 Å². The van der Waals surface area contributed by atoms with Crippen LogP contribution >= 0.6 is 0 Å². The molecule has 2 saturated carbocycles. The van der Waals surface area contributed by atoms with E-state index in [-0.39, 0.29) is 5.97 Å². The molecule has 3 unspecified atom stereocenters. The predicted molar refractivity (Wildman–Crippen MR) is 79.6 cm³/mol. The van der Waals surface area contributed by atoms with Gasteiger partial charge in [-0.1, -0.05) is 6.42 Å². The Kier molecular flexibility index (Phi) is 3.55. The Bertz CT molecular complexity index is 515. The normalized spacial score (nSPS) is 27.6. The van der Waals surface area contributed by atoms with Crippen molar-refractivity contribution >= 4 is 17.3 Å². The quantitative estimate of drug-likeness (QED) is 0.654. The van der Waals surface area contributed by atoms with Gasteiger partial charge in [-0.15, -0.1) is 0 Å². The van der Waals surface area contributed by atoms with Crippen LogP contribution in [0.25, 0.3) is 0 Å². The number of nitrogen functional groups attached to an aromatic ring is 1. The summed E-state index contributed by atoms with van der Waals surface area (Å²) in [6, 6.07) is 5.36. The molecule has 3 N–H and O–H groups in total. The van der Waals surface area contributed by atoms with Crippen molar-refractivity contribution in [1.82, 2.24) is 0 Å². The fourth-order valence-corrected chi connectivity index (χ4v) is 3.86. The zero-order valence-corrected chi connectivity index (χ0v) is 11.9. The number of carbonyl (C=O) groups is 1. The lowest BCUT2D eigenvalue weighted by Gasteiger charge is -2.23. The molecular weight excluding hydrogens is 252 g/mol. The van der Waals surface area contributed by atoms with Gasteiger partial charge in [-0.2, -0.15) is 0 Å². The van der Waals surface area contributed by atoms with E-state index in [0.717, 1.165) is 30.0 Å². The van der Waals surface area contributed by atoms with Gasteiger partial charge in [0.25, 0.3) is 0 Å². The Hall–Kier alpha value is -1.71. The molecule has 108 valence electrons. The highest BCUT2D eigenvalue weighted by atomic mass is 16.5. The van der Waals surface area contributed by atoms with Crippen molar-refractivity contribution < 1.29 is 9.53 Å². The van der Waals surface area contributed by atoms with Gasteiger partial charge in [-0.05, 0) is 55.2 Å². The monoisotopic (exact) mass is 274 g/mol. The van der Waals surface area contributed by atoms with Crippen LogP contribution in [0, 0.1) is 17.8 Å². The van der Waals surface area contributed by atoms with Crippen molar-refractivity contribution in [1.29, 1.82) is 0 Å². The van der Waals surface area contributed by atoms with Crippen LogP contribution in [-0.2, 0) is 4.74 Å². The minimum absolute atomic E-state index is 0.340. The largest absolute Gasteiger partial charge is 0.465 e. The zero-order valence-electron chi connectivity index (χ0n) is 11.9. The smallest absolute Gasteiger partial charge is 0.340 e. The molecule has 3 rings (SSSR count). The van der Waals surface area contributed by atoms with Crippen molar-refractivity contribution in [3.8, 4) is 0 Å². The second-order valence-corrected chi connectivity index (χ2v) is 6.11. The number of nitrogens with one attached hydrogen (secondary N) is 1. The molecule has 0 aromatic heterocycles. The van der Waals surface area contributed by atoms with E-state index in [4.69, 9.17) is 10.5 Å². The summed E-state index contributed by atoms with van der Waals surface area (Å²) in [5, 5.41) is 3.43. The van der Waals surface area contributed by atoms with E-state index in [9.17, 15) is 4.79 Å². The van der Waals surface area contributed by atoms with Crippen LogP contribution in [-0.4, -0.2) is 19.6 Å². The van der Waals surface area contributed by atoms with E-state index in [0.29, 0.717) is 11.3 Å². The van der Waals surface area contributed by atoms with Gasteiger partial charge in [0.1, 0.15) is 0 Å².